The number of nitrogens with one attached hydrogen (secondary N) is 3. The van der Waals surface area contributed by atoms with Crippen molar-refractivity contribution in [1.82, 2.24) is 20.2 Å². The van der Waals surface area contributed by atoms with Gasteiger partial charge in [0.05, 0.1) is 26.2 Å². The fourth-order valence-electron chi connectivity index (χ4n) is 4.67. The molecular formula is C26H32FN7O5. The van der Waals surface area contributed by atoms with Crippen molar-refractivity contribution in [3.63, 3.8) is 0 Å². The first-order valence-electron chi connectivity index (χ1n) is 12.5. The number of fused-ring (bicyclic) bond motifs is 1. The van der Waals surface area contributed by atoms with E-state index in [1.807, 2.05) is 4.90 Å². The lowest BCUT2D eigenvalue weighted by Crippen LogP contribution is -2.36. The van der Waals surface area contributed by atoms with Crippen LogP contribution in [0, 0.1) is 11.2 Å². The first-order chi connectivity index (χ1) is 18.7. The van der Waals surface area contributed by atoms with Gasteiger partial charge in [-0.05, 0) is 37.6 Å². The van der Waals surface area contributed by atoms with E-state index in [9.17, 15) is 14.7 Å². The molecule has 208 valence electrons. The molecule has 3 heterocycles. The number of anilines is 1. The molecule has 4 rings (SSSR count). The molecule has 0 spiro atoms. The minimum Gasteiger partial charge on any atom is -0.497 e. The van der Waals surface area contributed by atoms with Gasteiger partial charge < -0.3 is 40.4 Å². The first kappa shape index (κ1) is 27.6. The molecule has 2 aromatic heterocycles. The smallest absolute Gasteiger partial charge is 0.341 e. The maximum absolute atomic E-state index is 15.3. The number of methoxy groups -OCH3 is 2. The molecule has 0 saturated carbocycles. The summed E-state index contributed by atoms with van der Waals surface area (Å²) in [6.45, 7) is 2.48. The molecular weight excluding hydrogens is 509 g/mol. The van der Waals surface area contributed by atoms with Crippen molar-refractivity contribution in [3.05, 3.63) is 57.6 Å². The Labute approximate surface area is 224 Å². The molecule has 1 unspecified atom stereocenters. The van der Waals surface area contributed by atoms with Crippen LogP contribution in [0.3, 0.4) is 0 Å². The van der Waals surface area contributed by atoms with Gasteiger partial charge in [0.25, 0.3) is 0 Å². The third kappa shape index (κ3) is 6.20. The Kier molecular flexibility index (Phi) is 8.49. The van der Waals surface area contributed by atoms with Crippen LogP contribution in [0.1, 0.15) is 28.8 Å². The molecule has 3 aromatic rings. The molecule has 1 fully saturated rings. The monoisotopic (exact) mass is 541 g/mol. The number of guanidine groups is 1. The highest BCUT2D eigenvalue weighted by Crippen LogP contribution is 2.28. The van der Waals surface area contributed by atoms with E-state index in [1.54, 1.807) is 18.2 Å². The van der Waals surface area contributed by atoms with Gasteiger partial charge in [-0.3, -0.25) is 10.2 Å². The van der Waals surface area contributed by atoms with Crippen LogP contribution in [-0.4, -0.2) is 73.0 Å². The molecule has 13 heteroatoms. The topological polar surface area (TPSA) is 168 Å². The zero-order valence-electron chi connectivity index (χ0n) is 21.8. The molecule has 0 radical (unpaired) electrons. The maximum atomic E-state index is 15.3. The van der Waals surface area contributed by atoms with Crippen LogP contribution in [0.5, 0.6) is 11.5 Å². The van der Waals surface area contributed by atoms with E-state index in [2.05, 4.69) is 15.6 Å². The maximum Gasteiger partial charge on any atom is 0.341 e. The summed E-state index contributed by atoms with van der Waals surface area (Å²) in [5.74, 6) is -0.980. The highest BCUT2D eigenvalue weighted by molar-refractivity contribution is 5.92. The number of carbonyl (C=O) groups is 1. The second-order valence-corrected chi connectivity index (χ2v) is 9.23. The number of nitrogens with zero attached hydrogens (tertiary/aromatic N) is 3. The minimum absolute atomic E-state index is 0.0701. The summed E-state index contributed by atoms with van der Waals surface area (Å²) >= 11 is 0. The Morgan fingerprint density at radius 3 is 2.77 bits per heavy atom. The van der Waals surface area contributed by atoms with Gasteiger partial charge in [-0.15, -0.1) is 0 Å². The SMILES string of the molecule is COc1ccc(Cn2cc(C(=O)O)c(=O)c3cc(F)c(N4CCC(NCCCNC(=N)N)C4)nc32)c(OC)c1. The molecule has 39 heavy (non-hydrogen) atoms. The number of aromatic nitrogens is 2. The Hall–Kier alpha value is -4.39. The number of carboxylic acid groups (broad SMARTS) is 1. The van der Waals surface area contributed by atoms with Gasteiger partial charge >= 0.3 is 5.97 Å². The van der Waals surface area contributed by atoms with E-state index in [4.69, 9.17) is 20.6 Å². The summed E-state index contributed by atoms with van der Waals surface area (Å²) in [4.78, 5) is 31.1. The molecule has 1 aliphatic heterocycles. The molecule has 0 aliphatic carbocycles. The molecule has 1 atom stereocenters. The third-order valence-electron chi connectivity index (χ3n) is 6.64. The van der Waals surface area contributed by atoms with Crippen molar-refractivity contribution in [1.29, 1.82) is 5.41 Å². The Morgan fingerprint density at radius 1 is 1.28 bits per heavy atom. The predicted octanol–water partition coefficient (Wildman–Crippen LogP) is 1.34. The molecule has 1 aromatic carbocycles. The second-order valence-electron chi connectivity index (χ2n) is 9.23. The summed E-state index contributed by atoms with van der Waals surface area (Å²) < 4.78 is 27.6. The number of rotatable bonds is 11. The predicted molar refractivity (Wildman–Crippen MR) is 145 cm³/mol. The summed E-state index contributed by atoms with van der Waals surface area (Å²) in [5, 5.41) is 22.9. The van der Waals surface area contributed by atoms with E-state index in [0.717, 1.165) is 18.9 Å². The normalized spacial score (nSPS) is 14.9. The fraction of sp³-hybridized carbons (Fsp3) is 0.385. The van der Waals surface area contributed by atoms with E-state index < -0.39 is 22.8 Å². The number of hydrogen-bond acceptors (Lipinski definition) is 8. The number of benzene rings is 1. The Morgan fingerprint density at radius 2 is 2.08 bits per heavy atom. The van der Waals surface area contributed by atoms with Gasteiger partial charge in [0.1, 0.15) is 22.7 Å². The minimum atomic E-state index is -1.41. The lowest BCUT2D eigenvalue weighted by molar-refractivity contribution is 0.0695. The number of hydrogen-bond donors (Lipinski definition) is 5. The van der Waals surface area contributed by atoms with Gasteiger partial charge in [0.15, 0.2) is 17.6 Å². The van der Waals surface area contributed by atoms with Gasteiger partial charge in [0, 0.05) is 43.5 Å². The number of carboxylic acids is 1. The number of ether oxygens (including phenoxy) is 2. The Bertz CT molecular complexity index is 1440. The van der Waals surface area contributed by atoms with Gasteiger partial charge in [0.2, 0.25) is 5.43 Å². The van der Waals surface area contributed by atoms with Crippen molar-refractivity contribution in [2.75, 3.05) is 45.3 Å². The lowest BCUT2D eigenvalue weighted by atomic mass is 10.1. The van der Waals surface area contributed by atoms with Crippen LogP contribution < -0.4 is 36.2 Å². The van der Waals surface area contributed by atoms with Crippen LogP contribution in [0.2, 0.25) is 0 Å². The first-order valence-corrected chi connectivity index (χ1v) is 12.5. The van der Waals surface area contributed by atoms with Gasteiger partial charge in [-0.1, -0.05) is 0 Å². The van der Waals surface area contributed by atoms with Gasteiger partial charge in [-0.2, -0.15) is 0 Å². The highest BCUT2D eigenvalue weighted by atomic mass is 19.1. The quantitative estimate of drug-likeness (QED) is 0.136. The average molecular weight is 542 g/mol. The summed E-state index contributed by atoms with van der Waals surface area (Å²) in [7, 11) is 3.04. The van der Waals surface area contributed by atoms with Crippen LogP contribution in [0.4, 0.5) is 10.2 Å². The molecule has 1 saturated heterocycles. The van der Waals surface area contributed by atoms with E-state index in [0.29, 0.717) is 43.2 Å². The molecule has 1 aliphatic rings. The van der Waals surface area contributed by atoms with Crippen LogP contribution in [-0.2, 0) is 6.54 Å². The van der Waals surface area contributed by atoms with Crippen LogP contribution in [0.25, 0.3) is 11.0 Å². The average Bonchev–Trinajstić information content (AvgIpc) is 3.38. The van der Waals surface area contributed by atoms with Gasteiger partial charge in [-0.25, -0.2) is 14.2 Å². The van der Waals surface area contributed by atoms with Crippen LogP contribution >= 0.6 is 0 Å². The molecule has 6 N–H and O–H groups in total. The van der Waals surface area contributed by atoms with Crippen molar-refractivity contribution >= 4 is 28.8 Å². The zero-order valence-corrected chi connectivity index (χ0v) is 21.8. The third-order valence-corrected chi connectivity index (χ3v) is 6.64. The fourth-order valence-corrected chi connectivity index (χ4v) is 4.67. The molecule has 12 nitrogen and oxygen atoms in total. The summed E-state index contributed by atoms with van der Waals surface area (Å²) in [6.07, 6.45) is 2.77. The van der Waals surface area contributed by atoms with E-state index in [1.165, 1.54) is 25.0 Å². The van der Waals surface area contributed by atoms with E-state index in [-0.39, 0.29) is 35.4 Å². The highest BCUT2D eigenvalue weighted by Gasteiger charge is 2.27. The van der Waals surface area contributed by atoms with Crippen LogP contribution in [0.15, 0.2) is 35.3 Å². The summed E-state index contributed by atoms with van der Waals surface area (Å²) in [5.41, 5.74) is 4.87. The second kappa shape index (κ2) is 12.0. The summed E-state index contributed by atoms with van der Waals surface area (Å²) in [6, 6.07) is 6.40. The number of halogens is 1. The van der Waals surface area contributed by atoms with Crippen molar-refractivity contribution in [3.8, 4) is 11.5 Å². The standard InChI is InChI=1S/C26H32FN7O5/c1-38-17-5-4-15(21(10-17)39-2)12-34-14-19(25(36)37)22(35)18-11-20(27)24(32-23(18)34)33-9-6-16(13-33)30-7-3-8-31-26(28)29/h4-5,10-11,14,16,30H,3,6-9,12-13H2,1-2H3,(H,36,37)(H4,28,29,31). The van der Waals surface area contributed by atoms with E-state index >= 15 is 4.39 Å². The largest absolute Gasteiger partial charge is 0.497 e. The molecule has 0 bridgehead atoms. The number of pyridine rings is 2. The molecule has 0 amide bonds. The number of nitrogens with two attached hydrogens (primary N) is 1. The Balaban J connectivity index is 1.65. The van der Waals surface area contributed by atoms with Crippen molar-refractivity contribution < 1.29 is 23.8 Å². The lowest BCUT2D eigenvalue weighted by Gasteiger charge is -2.21. The zero-order chi connectivity index (χ0) is 28.1. The van der Waals surface area contributed by atoms with Crippen molar-refractivity contribution in [2.24, 2.45) is 5.73 Å². The van der Waals surface area contributed by atoms with Crippen molar-refractivity contribution in [2.45, 2.75) is 25.4 Å². The number of aromatic carboxylic acids is 1.